The van der Waals surface area contributed by atoms with Gasteiger partial charge in [-0.05, 0) is 6.92 Å². The highest BCUT2D eigenvalue weighted by Crippen LogP contribution is 2.13. The highest BCUT2D eigenvalue weighted by Gasteiger charge is 2.09. The fraction of sp³-hybridized carbons (Fsp3) is 0.500. The van der Waals surface area contributed by atoms with Gasteiger partial charge < -0.3 is 4.84 Å². The molecule has 0 fully saturated rings. The first-order valence-electron chi connectivity index (χ1n) is 3.85. The van der Waals surface area contributed by atoms with Crippen LogP contribution in [-0.4, -0.2) is 16.6 Å². The van der Waals surface area contributed by atoms with Crippen molar-refractivity contribution in [3.8, 4) is 0 Å². The highest BCUT2D eigenvalue weighted by atomic mass is 16.6. The molecule has 66 valence electrons. The molecule has 1 heterocycles. The van der Waals surface area contributed by atoms with Gasteiger partial charge in [0, 0.05) is 18.3 Å². The molecule has 1 atom stereocenters. The van der Waals surface area contributed by atoms with Gasteiger partial charge in [-0.25, -0.2) is 5.90 Å². The molecule has 0 amide bonds. The van der Waals surface area contributed by atoms with E-state index < -0.39 is 0 Å². The van der Waals surface area contributed by atoms with Crippen LogP contribution in [0.25, 0.3) is 0 Å². The standard InChI is InChI=1S/C8H13N3O/c1-6(5-12-9)8-7(2)10-3-4-11-8/h3-4,6H,5,9H2,1-2H3. The van der Waals surface area contributed by atoms with E-state index in [1.165, 1.54) is 0 Å². The Morgan fingerprint density at radius 3 is 2.75 bits per heavy atom. The van der Waals surface area contributed by atoms with Gasteiger partial charge in [0.1, 0.15) is 0 Å². The van der Waals surface area contributed by atoms with Crippen LogP contribution < -0.4 is 5.90 Å². The molecular weight excluding hydrogens is 154 g/mol. The van der Waals surface area contributed by atoms with E-state index in [4.69, 9.17) is 5.90 Å². The lowest BCUT2D eigenvalue weighted by atomic mass is 10.1. The van der Waals surface area contributed by atoms with Crippen LogP contribution in [0.3, 0.4) is 0 Å². The minimum atomic E-state index is 0.198. The zero-order valence-electron chi connectivity index (χ0n) is 7.32. The zero-order valence-corrected chi connectivity index (χ0v) is 7.32. The van der Waals surface area contributed by atoms with Gasteiger partial charge >= 0.3 is 0 Å². The third kappa shape index (κ3) is 1.99. The van der Waals surface area contributed by atoms with Gasteiger partial charge in [0.05, 0.1) is 18.0 Å². The average Bonchev–Trinajstić information content (AvgIpc) is 2.05. The predicted octanol–water partition coefficient (Wildman–Crippen LogP) is 0.779. The maximum absolute atomic E-state index is 4.97. The SMILES string of the molecule is Cc1nccnc1C(C)CON. The van der Waals surface area contributed by atoms with E-state index in [2.05, 4.69) is 14.8 Å². The number of nitrogens with two attached hydrogens (primary N) is 1. The summed E-state index contributed by atoms with van der Waals surface area (Å²) in [7, 11) is 0. The lowest BCUT2D eigenvalue weighted by Gasteiger charge is -2.10. The summed E-state index contributed by atoms with van der Waals surface area (Å²) in [5.41, 5.74) is 1.88. The van der Waals surface area contributed by atoms with E-state index in [9.17, 15) is 0 Å². The molecule has 0 saturated heterocycles. The third-order valence-electron chi connectivity index (χ3n) is 1.73. The molecule has 1 rings (SSSR count). The van der Waals surface area contributed by atoms with E-state index in [1.807, 2.05) is 13.8 Å². The van der Waals surface area contributed by atoms with E-state index in [1.54, 1.807) is 12.4 Å². The summed E-state index contributed by atoms with van der Waals surface area (Å²) >= 11 is 0. The smallest absolute Gasteiger partial charge is 0.0760 e. The van der Waals surface area contributed by atoms with Gasteiger partial charge in [0.2, 0.25) is 0 Å². The molecule has 12 heavy (non-hydrogen) atoms. The van der Waals surface area contributed by atoms with Gasteiger partial charge in [0.15, 0.2) is 0 Å². The Balaban J connectivity index is 2.79. The van der Waals surface area contributed by atoms with Crippen LogP contribution in [0.4, 0.5) is 0 Å². The molecular formula is C8H13N3O. The van der Waals surface area contributed by atoms with Crippen LogP contribution in [-0.2, 0) is 4.84 Å². The second kappa shape index (κ2) is 4.13. The first kappa shape index (κ1) is 9.09. The van der Waals surface area contributed by atoms with E-state index >= 15 is 0 Å². The number of aryl methyl sites for hydroxylation is 1. The summed E-state index contributed by atoms with van der Waals surface area (Å²) in [6, 6.07) is 0. The largest absolute Gasteiger partial charge is 0.304 e. The summed E-state index contributed by atoms with van der Waals surface area (Å²) in [6.45, 7) is 4.40. The Labute approximate surface area is 71.7 Å². The van der Waals surface area contributed by atoms with Crippen molar-refractivity contribution in [2.45, 2.75) is 19.8 Å². The second-order valence-corrected chi connectivity index (χ2v) is 2.76. The summed E-state index contributed by atoms with van der Waals surface area (Å²) in [5.74, 6) is 5.17. The number of hydrogen-bond donors (Lipinski definition) is 1. The fourth-order valence-electron chi connectivity index (χ4n) is 1.13. The van der Waals surface area contributed by atoms with Crippen molar-refractivity contribution < 1.29 is 4.84 Å². The molecule has 0 aliphatic carbocycles. The third-order valence-corrected chi connectivity index (χ3v) is 1.73. The molecule has 2 N–H and O–H groups in total. The number of rotatable bonds is 3. The van der Waals surface area contributed by atoms with Crippen molar-refractivity contribution in [1.82, 2.24) is 9.97 Å². The Morgan fingerprint density at radius 1 is 1.50 bits per heavy atom. The van der Waals surface area contributed by atoms with Crippen molar-refractivity contribution in [2.24, 2.45) is 5.90 Å². The van der Waals surface area contributed by atoms with Gasteiger partial charge in [-0.3, -0.25) is 9.97 Å². The lowest BCUT2D eigenvalue weighted by Crippen LogP contribution is -2.11. The average molecular weight is 167 g/mol. The van der Waals surface area contributed by atoms with E-state index in [0.29, 0.717) is 6.61 Å². The van der Waals surface area contributed by atoms with Crippen molar-refractivity contribution in [3.05, 3.63) is 23.8 Å². The molecule has 1 aromatic heterocycles. The molecule has 0 aliphatic rings. The first-order valence-corrected chi connectivity index (χ1v) is 3.85. The molecule has 0 aromatic carbocycles. The van der Waals surface area contributed by atoms with Crippen LogP contribution in [0.5, 0.6) is 0 Å². The topological polar surface area (TPSA) is 61.0 Å². The molecule has 1 unspecified atom stereocenters. The molecule has 0 saturated carbocycles. The lowest BCUT2D eigenvalue weighted by molar-refractivity contribution is 0.125. The Bertz CT molecular complexity index is 252. The summed E-state index contributed by atoms with van der Waals surface area (Å²) in [4.78, 5) is 12.9. The molecule has 1 aromatic rings. The summed E-state index contributed by atoms with van der Waals surface area (Å²) in [6.07, 6.45) is 3.35. The molecule has 4 heteroatoms. The minimum absolute atomic E-state index is 0.198. The van der Waals surface area contributed by atoms with Crippen molar-refractivity contribution >= 4 is 0 Å². The highest BCUT2D eigenvalue weighted by molar-refractivity contribution is 5.12. The monoisotopic (exact) mass is 167 g/mol. The molecule has 0 bridgehead atoms. The molecule has 0 spiro atoms. The minimum Gasteiger partial charge on any atom is -0.304 e. The number of hydrogen-bond acceptors (Lipinski definition) is 4. The molecule has 0 aliphatic heterocycles. The molecule has 0 radical (unpaired) electrons. The van der Waals surface area contributed by atoms with Gasteiger partial charge in [-0.15, -0.1) is 0 Å². The van der Waals surface area contributed by atoms with Crippen LogP contribution in [0.15, 0.2) is 12.4 Å². The maximum Gasteiger partial charge on any atom is 0.0760 e. The summed E-state index contributed by atoms with van der Waals surface area (Å²) < 4.78 is 0. The van der Waals surface area contributed by atoms with Crippen molar-refractivity contribution in [1.29, 1.82) is 0 Å². The second-order valence-electron chi connectivity index (χ2n) is 2.76. The number of nitrogens with zero attached hydrogens (tertiary/aromatic N) is 2. The van der Waals surface area contributed by atoms with E-state index in [0.717, 1.165) is 11.4 Å². The quantitative estimate of drug-likeness (QED) is 0.676. The van der Waals surface area contributed by atoms with Gasteiger partial charge in [-0.2, -0.15) is 0 Å². The Hall–Kier alpha value is -1.00. The van der Waals surface area contributed by atoms with Crippen LogP contribution >= 0.6 is 0 Å². The normalized spacial score (nSPS) is 12.9. The predicted molar refractivity (Wildman–Crippen MR) is 45.3 cm³/mol. The van der Waals surface area contributed by atoms with Crippen molar-refractivity contribution in [2.75, 3.05) is 6.61 Å². The first-order chi connectivity index (χ1) is 5.75. The van der Waals surface area contributed by atoms with E-state index in [-0.39, 0.29) is 5.92 Å². The number of aromatic nitrogens is 2. The van der Waals surface area contributed by atoms with Gasteiger partial charge in [-0.1, -0.05) is 6.92 Å². The maximum atomic E-state index is 4.97. The molecule has 4 nitrogen and oxygen atoms in total. The fourth-order valence-corrected chi connectivity index (χ4v) is 1.13. The Morgan fingerprint density at radius 2 is 2.17 bits per heavy atom. The van der Waals surface area contributed by atoms with Crippen LogP contribution in [0.2, 0.25) is 0 Å². The summed E-state index contributed by atoms with van der Waals surface area (Å²) in [5, 5.41) is 0. The Kier molecular flexibility index (Phi) is 3.13. The zero-order chi connectivity index (χ0) is 8.97. The van der Waals surface area contributed by atoms with Crippen LogP contribution in [0, 0.1) is 6.92 Å². The van der Waals surface area contributed by atoms with Gasteiger partial charge in [0.25, 0.3) is 0 Å². The van der Waals surface area contributed by atoms with Crippen LogP contribution in [0.1, 0.15) is 24.2 Å². The van der Waals surface area contributed by atoms with Crippen molar-refractivity contribution in [3.63, 3.8) is 0 Å².